The van der Waals surface area contributed by atoms with E-state index in [4.69, 9.17) is 9.47 Å². The Hall–Kier alpha value is -2.24. The summed E-state index contributed by atoms with van der Waals surface area (Å²) in [6, 6.07) is 5.03. The maximum atomic E-state index is 12.3. The van der Waals surface area contributed by atoms with Crippen molar-refractivity contribution in [2.24, 2.45) is 5.92 Å². The molecule has 0 spiro atoms. The molecule has 6 nitrogen and oxygen atoms in total. The molecule has 126 valence electrons. The number of amides is 2. The molecule has 1 aromatic rings. The molecule has 6 heteroatoms. The maximum Gasteiger partial charge on any atom is 0.243 e. The number of benzene rings is 1. The fourth-order valence-electron chi connectivity index (χ4n) is 2.36. The molecule has 1 atom stereocenters. The first kappa shape index (κ1) is 17.1. The molecule has 0 bridgehead atoms. The molecule has 0 unspecified atom stereocenters. The van der Waals surface area contributed by atoms with Gasteiger partial charge in [-0.05, 0) is 30.0 Å². The predicted molar refractivity (Wildman–Crippen MR) is 86.1 cm³/mol. The van der Waals surface area contributed by atoms with Gasteiger partial charge >= 0.3 is 0 Å². The molecule has 23 heavy (non-hydrogen) atoms. The summed E-state index contributed by atoms with van der Waals surface area (Å²) in [5.74, 6) is 1.15. The van der Waals surface area contributed by atoms with Crippen molar-refractivity contribution < 1.29 is 19.1 Å². The Morgan fingerprint density at radius 1 is 1.22 bits per heavy atom. The van der Waals surface area contributed by atoms with Crippen LogP contribution in [0.5, 0.6) is 11.5 Å². The first-order chi connectivity index (χ1) is 11.0. The summed E-state index contributed by atoms with van der Waals surface area (Å²) < 4.78 is 10.6. The third-order valence-corrected chi connectivity index (χ3v) is 3.65. The number of carbonyl (C=O) groups is 2. The van der Waals surface area contributed by atoms with Gasteiger partial charge in [-0.1, -0.05) is 26.8 Å². The third-order valence-electron chi connectivity index (χ3n) is 3.65. The zero-order valence-corrected chi connectivity index (χ0v) is 13.8. The molecule has 0 saturated carbocycles. The second-order valence-corrected chi connectivity index (χ2v) is 5.94. The van der Waals surface area contributed by atoms with Crippen molar-refractivity contribution in [1.29, 1.82) is 0 Å². The number of nitrogens with one attached hydrogen (secondary N) is 2. The van der Waals surface area contributed by atoms with E-state index in [0.717, 1.165) is 12.0 Å². The lowest BCUT2D eigenvalue weighted by atomic mass is 10.0. The molecular weight excluding hydrogens is 296 g/mol. The van der Waals surface area contributed by atoms with E-state index < -0.39 is 6.04 Å². The average molecular weight is 320 g/mol. The van der Waals surface area contributed by atoms with Gasteiger partial charge in [0.05, 0.1) is 0 Å². The molecule has 1 heterocycles. The second-order valence-electron chi connectivity index (χ2n) is 5.94. The molecule has 0 fully saturated rings. The minimum atomic E-state index is -0.525. The minimum Gasteiger partial charge on any atom is -0.454 e. The van der Waals surface area contributed by atoms with E-state index in [1.54, 1.807) is 0 Å². The van der Waals surface area contributed by atoms with Crippen molar-refractivity contribution in [3.05, 3.63) is 23.8 Å². The number of carbonyl (C=O) groups excluding carboxylic acids is 2. The van der Waals surface area contributed by atoms with Gasteiger partial charge in [0.15, 0.2) is 11.5 Å². The van der Waals surface area contributed by atoms with Crippen LogP contribution in [0.1, 0.15) is 39.2 Å². The quantitative estimate of drug-likeness (QED) is 0.805. The molecule has 2 N–H and O–H groups in total. The van der Waals surface area contributed by atoms with Crippen LogP contribution >= 0.6 is 0 Å². The third kappa shape index (κ3) is 4.61. The maximum absolute atomic E-state index is 12.3. The lowest BCUT2D eigenvalue weighted by Crippen LogP contribution is -2.49. The summed E-state index contributed by atoms with van der Waals surface area (Å²) in [5.41, 5.74) is 0.921. The predicted octanol–water partition coefficient (Wildman–Crippen LogP) is 1.97. The van der Waals surface area contributed by atoms with Gasteiger partial charge in [0.1, 0.15) is 6.04 Å². The number of fused-ring (bicyclic) bond motifs is 1. The van der Waals surface area contributed by atoms with Crippen molar-refractivity contribution in [3.63, 3.8) is 0 Å². The van der Waals surface area contributed by atoms with Gasteiger partial charge in [-0.2, -0.15) is 0 Å². The number of hydrogen-bond acceptors (Lipinski definition) is 4. The van der Waals surface area contributed by atoms with Crippen LogP contribution in [0.4, 0.5) is 0 Å². The molecule has 0 saturated heterocycles. The van der Waals surface area contributed by atoms with Gasteiger partial charge in [0.25, 0.3) is 0 Å². The Labute approximate surface area is 136 Å². The Balaban J connectivity index is 1.92. The highest BCUT2D eigenvalue weighted by molar-refractivity contribution is 5.87. The summed E-state index contributed by atoms with van der Waals surface area (Å²) >= 11 is 0. The Morgan fingerprint density at radius 2 is 1.96 bits per heavy atom. The fourth-order valence-corrected chi connectivity index (χ4v) is 2.36. The Morgan fingerprint density at radius 3 is 2.65 bits per heavy atom. The average Bonchev–Trinajstić information content (AvgIpc) is 2.97. The monoisotopic (exact) mass is 320 g/mol. The Bertz CT molecular complexity index is 572. The second kappa shape index (κ2) is 7.85. The van der Waals surface area contributed by atoms with E-state index in [0.29, 0.717) is 24.5 Å². The van der Waals surface area contributed by atoms with Crippen LogP contribution in [0, 0.1) is 5.92 Å². The number of hydrogen-bond donors (Lipinski definition) is 2. The molecule has 2 rings (SSSR count). The van der Waals surface area contributed by atoms with Crippen molar-refractivity contribution in [3.8, 4) is 11.5 Å². The normalized spacial score (nSPS) is 13.7. The molecule has 0 aromatic heterocycles. The standard InChI is InChI=1S/C17H24N2O4/c1-4-5-15(20)19-16(11(2)3)17(21)18-9-12-6-7-13-14(8-12)23-10-22-13/h6-8,11,16H,4-5,9-10H2,1-3H3,(H,18,21)(H,19,20)/t16-/m0/s1. The van der Waals surface area contributed by atoms with Gasteiger partial charge in [0, 0.05) is 13.0 Å². The van der Waals surface area contributed by atoms with Crippen LogP contribution in [0.2, 0.25) is 0 Å². The summed E-state index contributed by atoms with van der Waals surface area (Å²) in [6.45, 7) is 6.37. The summed E-state index contributed by atoms with van der Waals surface area (Å²) in [6.07, 6.45) is 1.19. The van der Waals surface area contributed by atoms with Crippen molar-refractivity contribution in [2.45, 2.75) is 46.2 Å². The van der Waals surface area contributed by atoms with Crippen molar-refractivity contribution in [2.75, 3.05) is 6.79 Å². The molecule has 1 aliphatic heterocycles. The van der Waals surface area contributed by atoms with E-state index in [9.17, 15) is 9.59 Å². The van der Waals surface area contributed by atoms with Gasteiger partial charge < -0.3 is 20.1 Å². The van der Waals surface area contributed by atoms with Crippen molar-refractivity contribution in [1.82, 2.24) is 10.6 Å². The van der Waals surface area contributed by atoms with Crippen LogP contribution in [-0.2, 0) is 16.1 Å². The highest BCUT2D eigenvalue weighted by Crippen LogP contribution is 2.32. The molecule has 0 aliphatic carbocycles. The first-order valence-corrected chi connectivity index (χ1v) is 7.97. The van der Waals surface area contributed by atoms with Gasteiger partial charge in [-0.25, -0.2) is 0 Å². The van der Waals surface area contributed by atoms with Gasteiger partial charge in [-0.15, -0.1) is 0 Å². The first-order valence-electron chi connectivity index (χ1n) is 7.97. The van der Waals surface area contributed by atoms with Crippen LogP contribution in [0.3, 0.4) is 0 Å². The van der Waals surface area contributed by atoms with Crippen molar-refractivity contribution >= 4 is 11.8 Å². The molecule has 1 aromatic carbocycles. The summed E-state index contributed by atoms with van der Waals surface area (Å²) in [5, 5.41) is 5.67. The highest BCUT2D eigenvalue weighted by atomic mass is 16.7. The van der Waals surface area contributed by atoms with E-state index in [1.807, 2.05) is 39.0 Å². The Kier molecular flexibility index (Phi) is 5.84. The van der Waals surface area contributed by atoms with Gasteiger partial charge in [0.2, 0.25) is 18.6 Å². The largest absolute Gasteiger partial charge is 0.454 e. The summed E-state index contributed by atoms with van der Waals surface area (Å²) in [7, 11) is 0. The lowest BCUT2D eigenvalue weighted by Gasteiger charge is -2.21. The van der Waals surface area contributed by atoms with Gasteiger partial charge in [-0.3, -0.25) is 9.59 Å². The fraction of sp³-hybridized carbons (Fsp3) is 0.529. The molecule has 2 amide bonds. The van der Waals surface area contributed by atoms with Crippen LogP contribution in [0.25, 0.3) is 0 Å². The summed E-state index contributed by atoms with van der Waals surface area (Å²) in [4.78, 5) is 24.1. The van der Waals surface area contributed by atoms with Crippen LogP contribution in [-0.4, -0.2) is 24.6 Å². The molecule has 1 aliphatic rings. The SMILES string of the molecule is CCCC(=O)N[C@H](C(=O)NCc1ccc2c(c1)OCO2)C(C)C. The number of ether oxygens (including phenoxy) is 2. The topological polar surface area (TPSA) is 76.7 Å². The molecule has 0 radical (unpaired) electrons. The zero-order chi connectivity index (χ0) is 16.8. The van der Waals surface area contributed by atoms with E-state index in [2.05, 4.69) is 10.6 Å². The lowest BCUT2D eigenvalue weighted by molar-refractivity contribution is -0.130. The van der Waals surface area contributed by atoms with Crippen LogP contribution < -0.4 is 20.1 Å². The molecular formula is C17H24N2O4. The highest BCUT2D eigenvalue weighted by Gasteiger charge is 2.23. The zero-order valence-electron chi connectivity index (χ0n) is 13.8. The van der Waals surface area contributed by atoms with E-state index >= 15 is 0 Å². The van der Waals surface area contributed by atoms with Crippen LogP contribution in [0.15, 0.2) is 18.2 Å². The number of rotatable bonds is 7. The van der Waals surface area contributed by atoms with E-state index in [1.165, 1.54) is 0 Å². The smallest absolute Gasteiger partial charge is 0.243 e. The minimum absolute atomic E-state index is 0.0209. The van der Waals surface area contributed by atoms with E-state index in [-0.39, 0.29) is 24.5 Å².